The normalized spacial score (nSPS) is 12.3. The van der Waals surface area contributed by atoms with Crippen LogP contribution in [0.15, 0.2) is 22.7 Å². The largest absolute Gasteiger partial charge is 0.490 e. The Balaban J connectivity index is 2.61. The lowest BCUT2D eigenvalue weighted by atomic mass is 10.0. The van der Waals surface area contributed by atoms with E-state index in [-0.39, 0.29) is 12.6 Å². The number of carbonyl (C=O) groups is 1. The highest BCUT2D eigenvalue weighted by Gasteiger charge is 2.15. The van der Waals surface area contributed by atoms with E-state index in [1.807, 2.05) is 19.9 Å². The van der Waals surface area contributed by atoms with Crippen molar-refractivity contribution in [1.82, 2.24) is 5.32 Å². The van der Waals surface area contributed by atoms with Gasteiger partial charge < -0.3 is 15.2 Å². The molecule has 0 aliphatic rings. The number of hydrogen-bond acceptors (Lipinski definition) is 2. The second-order valence-electron chi connectivity index (χ2n) is 4.66. The maximum Gasteiger partial charge on any atom is 0.404 e. The molecule has 0 heterocycles. The molecule has 0 aliphatic heterocycles. The Bertz CT molecular complexity index is 440. The number of halogens is 2. The van der Waals surface area contributed by atoms with Crippen LogP contribution in [0.1, 0.15) is 20.3 Å². The summed E-state index contributed by atoms with van der Waals surface area (Å²) in [4.78, 5) is 10.7. The smallest absolute Gasteiger partial charge is 0.404 e. The van der Waals surface area contributed by atoms with Crippen LogP contribution >= 0.6 is 27.5 Å². The SMILES string of the molecule is CC(C)CC(COc1ccc(Br)cc1Cl)NC(=O)O. The summed E-state index contributed by atoms with van der Waals surface area (Å²) < 4.78 is 6.44. The van der Waals surface area contributed by atoms with Crippen LogP contribution in [0.5, 0.6) is 5.75 Å². The first-order chi connectivity index (χ1) is 8.88. The molecule has 1 atom stereocenters. The first-order valence-electron chi connectivity index (χ1n) is 5.95. The number of carboxylic acid groups (broad SMARTS) is 1. The standard InChI is InChI=1S/C13H17BrClNO3/c1-8(2)5-10(16-13(17)18)7-19-12-4-3-9(14)6-11(12)15/h3-4,6,8,10,16H,5,7H2,1-2H3,(H,17,18). The Kier molecular flexibility index (Phi) is 6.45. The average molecular weight is 351 g/mol. The van der Waals surface area contributed by atoms with E-state index in [4.69, 9.17) is 21.4 Å². The highest BCUT2D eigenvalue weighted by atomic mass is 79.9. The third kappa shape index (κ3) is 6.16. The van der Waals surface area contributed by atoms with E-state index in [1.165, 1.54) is 0 Å². The first-order valence-corrected chi connectivity index (χ1v) is 7.13. The van der Waals surface area contributed by atoms with Crippen molar-refractivity contribution in [3.8, 4) is 5.75 Å². The molecule has 2 N–H and O–H groups in total. The lowest BCUT2D eigenvalue weighted by Crippen LogP contribution is -2.39. The number of amides is 1. The van der Waals surface area contributed by atoms with Crippen LogP contribution in [0.4, 0.5) is 4.79 Å². The molecule has 1 aromatic rings. The molecular formula is C13H17BrClNO3. The van der Waals surface area contributed by atoms with Crippen molar-refractivity contribution in [2.75, 3.05) is 6.61 Å². The van der Waals surface area contributed by atoms with Crippen LogP contribution in [0.3, 0.4) is 0 Å². The van der Waals surface area contributed by atoms with Gasteiger partial charge in [0.25, 0.3) is 0 Å². The molecule has 0 spiro atoms. The number of rotatable bonds is 6. The molecule has 0 fully saturated rings. The molecule has 0 aliphatic carbocycles. The van der Waals surface area contributed by atoms with E-state index in [0.29, 0.717) is 23.1 Å². The highest BCUT2D eigenvalue weighted by Crippen LogP contribution is 2.27. The van der Waals surface area contributed by atoms with Crippen molar-refractivity contribution in [3.63, 3.8) is 0 Å². The zero-order valence-electron chi connectivity index (χ0n) is 10.8. The Labute approximate surface area is 126 Å². The summed E-state index contributed by atoms with van der Waals surface area (Å²) in [7, 11) is 0. The second kappa shape index (κ2) is 7.60. The van der Waals surface area contributed by atoms with Crippen LogP contribution in [0.2, 0.25) is 5.02 Å². The van der Waals surface area contributed by atoms with Crippen LogP contribution in [-0.4, -0.2) is 23.8 Å². The van der Waals surface area contributed by atoms with Crippen LogP contribution < -0.4 is 10.1 Å². The summed E-state index contributed by atoms with van der Waals surface area (Å²) in [5, 5.41) is 11.7. The molecule has 0 bridgehead atoms. The summed E-state index contributed by atoms with van der Waals surface area (Å²) >= 11 is 9.34. The predicted octanol–water partition coefficient (Wildman–Crippen LogP) is 4.16. The quantitative estimate of drug-likeness (QED) is 0.810. The van der Waals surface area contributed by atoms with Gasteiger partial charge in [0.2, 0.25) is 0 Å². The second-order valence-corrected chi connectivity index (χ2v) is 5.98. The number of ether oxygens (including phenoxy) is 1. The highest BCUT2D eigenvalue weighted by molar-refractivity contribution is 9.10. The fourth-order valence-corrected chi connectivity index (χ4v) is 2.42. The molecule has 0 aromatic heterocycles. The number of nitrogens with one attached hydrogen (secondary N) is 1. The van der Waals surface area contributed by atoms with Gasteiger partial charge in [-0.1, -0.05) is 41.4 Å². The Morgan fingerprint density at radius 3 is 2.74 bits per heavy atom. The molecule has 1 aromatic carbocycles. The molecule has 1 amide bonds. The fourth-order valence-electron chi connectivity index (χ4n) is 1.69. The zero-order chi connectivity index (χ0) is 14.4. The maximum atomic E-state index is 10.7. The molecule has 1 rings (SSSR count). The number of benzene rings is 1. The van der Waals surface area contributed by atoms with Crippen molar-refractivity contribution in [2.24, 2.45) is 5.92 Å². The molecule has 0 saturated heterocycles. The lowest BCUT2D eigenvalue weighted by Gasteiger charge is -2.19. The van der Waals surface area contributed by atoms with Gasteiger partial charge in [0, 0.05) is 4.47 Å². The molecular weight excluding hydrogens is 334 g/mol. The van der Waals surface area contributed by atoms with E-state index in [9.17, 15) is 4.79 Å². The van der Waals surface area contributed by atoms with Crippen LogP contribution in [0, 0.1) is 5.92 Å². The van der Waals surface area contributed by atoms with Crippen molar-refractivity contribution in [2.45, 2.75) is 26.3 Å². The van der Waals surface area contributed by atoms with Gasteiger partial charge in [0.1, 0.15) is 12.4 Å². The van der Waals surface area contributed by atoms with Crippen LogP contribution in [0.25, 0.3) is 0 Å². The molecule has 106 valence electrons. The fraction of sp³-hybridized carbons (Fsp3) is 0.462. The van der Waals surface area contributed by atoms with Gasteiger partial charge in [-0.2, -0.15) is 0 Å². The molecule has 0 saturated carbocycles. The zero-order valence-corrected chi connectivity index (χ0v) is 13.2. The van der Waals surface area contributed by atoms with Crippen molar-refractivity contribution in [1.29, 1.82) is 0 Å². The third-order valence-corrected chi connectivity index (χ3v) is 3.21. The Morgan fingerprint density at radius 2 is 2.21 bits per heavy atom. The summed E-state index contributed by atoms with van der Waals surface area (Å²) in [6.07, 6.45) is -0.336. The van der Waals surface area contributed by atoms with Gasteiger partial charge in [-0.3, -0.25) is 0 Å². The topological polar surface area (TPSA) is 58.6 Å². The predicted molar refractivity (Wildman–Crippen MR) is 79.1 cm³/mol. The van der Waals surface area contributed by atoms with E-state index >= 15 is 0 Å². The van der Waals surface area contributed by atoms with Crippen molar-refractivity contribution in [3.05, 3.63) is 27.7 Å². The Hall–Kier alpha value is -0.940. The lowest BCUT2D eigenvalue weighted by molar-refractivity contribution is 0.176. The summed E-state index contributed by atoms with van der Waals surface area (Å²) in [5.74, 6) is 0.923. The minimum Gasteiger partial charge on any atom is -0.490 e. The van der Waals surface area contributed by atoms with Crippen LogP contribution in [-0.2, 0) is 0 Å². The minimum absolute atomic E-state index is 0.253. The van der Waals surface area contributed by atoms with Gasteiger partial charge in [-0.15, -0.1) is 0 Å². The maximum absolute atomic E-state index is 10.7. The molecule has 1 unspecified atom stereocenters. The summed E-state index contributed by atoms with van der Waals surface area (Å²) in [5.41, 5.74) is 0. The van der Waals surface area contributed by atoms with Gasteiger partial charge in [0.15, 0.2) is 0 Å². The first kappa shape index (κ1) is 16.1. The van der Waals surface area contributed by atoms with Crippen molar-refractivity contribution < 1.29 is 14.6 Å². The molecule has 4 nitrogen and oxygen atoms in total. The Morgan fingerprint density at radius 1 is 1.53 bits per heavy atom. The van der Waals surface area contributed by atoms with E-state index in [2.05, 4.69) is 21.2 Å². The molecule has 0 radical (unpaired) electrons. The van der Waals surface area contributed by atoms with Gasteiger partial charge in [-0.05, 0) is 30.5 Å². The monoisotopic (exact) mass is 349 g/mol. The van der Waals surface area contributed by atoms with Gasteiger partial charge in [0.05, 0.1) is 11.1 Å². The molecule has 6 heteroatoms. The number of hydrogen-bond donors (Lipinski definition) is 2. The van der Waals surface area contributed by atoms with E-state index < -0.39 is 6.09 Å². The average Bonchev–Trinajstić information content (AvgIpc) is 2.25. The van der Waals surface area contributed by atoms with E-state index in [1.54, 1.807) is 12.1 Å². The minimum atomic E-state index is -1.05. The summed E-state index contributed by atoms with van der Waals surface area (Å²) in [6, 6.07) is 5.05. The van der Waals surface area contributed by atoms with Crippen molar-refractivity contribution >= 4 is 33.6 Å². The third-order valence-electron chi connectivity index (χ3n) is 2.42. The van der Waals surface area contributed by atoms with Gasteiger partial charge in [-0.25, -0.2) is 4.79 Å². The van der Waals surface area contributed by atoms with Gasteiger partial charge >= 0.3 is 6.09 Å². The molecule has 19 heavy (non-hydrogen) atoms. The summed E-state index contributed by atoms with van der Waals surface area (Å²) in [6.45, 7) is 4.32. The van der Waals surface area contributed by atoms with E-state index in [0.717, 1.165) is 4.47 Å².